The number of rotatable bonds is 1. The normalized spacial score (nSPS) is 22.8. The average molecular weight is 214 g/mol. The van der Waals surface area contributed by atoms with Crippen molar-refractivity contribution in [3.05, 3.63) is 47.9 Å². The highest BCUT2D eigenvalue weighted by Crippen LogP contribution is 2.25. The summed E-state index contributed by atoms with van der Waals surface area (Å²) in [6.07, 6.45) is 3.67. The van der Waals surface area contributed by atoms with Gasteiger partial charge in [-0.3, -0.25) is 9.69 Å². The molecule has 1 atom stereocenters. The van der Waals surface area contributed by atoms with Gasteiger partial charge in [0.1, 0.15) is 12.6 Å². The first-order valence-corrected chi connectivity index (χ1v) is 5.27. The summed E-state index contributed by atoms with van der Waals surface area (Å²) in [6.45, 7) is 0.612. The molecule has 1 aromatic carbocycles. The quantitative estimate of drug-likeness (QED) is 0.638. The van der Waals surface area contributed by atoms with Crippen LogP contribution in [0.15, 0.2) is 42.4 Å². The fourth-order valence-electron chi connectivity index (χ4n) is 2.02. The van der Waals surface area contributed by atoms with Crippen molar-refractivity contribution in [3.63, 3.8) is 0 Å². The van der Waals surface area contributed by atoms with Crippen LogP contribution in [0.5, 0.6) is 0 Å². The van der Waals surface area contributed by atoms with Gasteiger partial charge in [0.25, 0.3) is 5.91 Å². The third-order valence-electron chi connectivity index (χ3n) is 2.84. The van der Waals surface area contributed by atoms with E-state index in [0.717, 1.165) is 11.4 Å². The van der Waals surface area contributed by atoms with Crippen molar-refractivity contribution >= 4 is 12.1 Å². The van der Waals surface area contributed by atoms with Crippen LogP contribution in [0, 0.1) is 0 Å². The Hall–Kier alpha value is -2.10. The molecular weight excluding hydrogens is 202 g/mol. The van der Waals surface area contributed by atoms with Gasteiger partial charge in [-0.05, 0) is 5.56 Å². The van der Waals surface area contributed by atoms with Crippen LogP contribution in [0.3, 0.4) is 0 Å². The lowest BCUT2D eigenvalue weighted by molar-refractivity contribution is -0.373. The second kappa shape index (κ2) is 3.48. The van der Waals surface area contributed by atoms with Crippen LogP contribution in [0.1, 0.15) is 11.6 Å². The highest BCUT2D eigenvalue weighted by Gasteiger charge is 2.37. The number of nitrogens with zero attached hydrogens (tertiary/aromatic N) is 1. The summed E-state index contributed by atoms with van der Waals surface area (Å²) in [5.74, 6) is 0.955. The number of benzene rings is 1. The standard InChI is InChI=1S/C12H11N3O/c16-12-11(9-4-2-1-3-5-9)14-10-8-13-6-7-15(10)12/h1-6,8,11,14H,7H2/p+1. The Morgan fingerprint density at radius 3 is 2.88 bits per heavy atom. The Morgan fingerprint density at radius 2 is 2.12 bits per heavy atom. The molecule has 0 aromatic heterocycles. The molecule has 80 valence electrons. The summed E-state index contributed by atoms with van der Waals surface area (Å²) in [7, 11) is 0. The van der Waals surface area contributed by atoms with E-state index in [2.05, 4.69) is 10.3 Å². The van der Waals surface area contributed by atoms with Gasteiger partial charge >= 0.3 is 0 Å². The zero-order valence-electron chi connectivity index (χ0n) is 8.68. The van der Waals surface area contributed by atoms with Gasteiger partial charge in [0.15, 0.2) is 12.0 Å². The summed E-state index contributed by atoms with van der Waals surface area (Å²) in [4.78, 5) is 16.9. The van der Waals surface area contributed by atoms with E-state index >= 15 is 0 Å². The van der Waals surface area contributed by atoms with Crippen molar-refractivity contribution in [1.29, 1.82) is 0 Å². The minimum absolute atomic E-state index is 0.107. The van der Waals surface area contributed by atoms with Crippen molar-refractivity contribution in [1.82, 2.24) is 10.2 Å². The smallest absolute Gasteiger partial charge is 0.255 e. The third-order valence-corrected chi connectivity index (χ3v) is 2.84. The summed E-state index contributed by atoms with van der Waals surface area (Å²) < 4.78 is 0. The lowest BCUT2D eigenvalue weighted by Crippen LogP contribution is -2.66. The molecular formula is C12H12N3O+. The van der Waals surface area contributed by atoms with E-state index in [-0.39, 0.29) is 11.9 Å². The number of carbonyl (C=O) groups excluding carboxylic acids is 1. The number of hydrogen-bond donors (Lipinski definition) is 2. The van der Waals surface area contributed by atoms with Gasteiger partial charge in [-0.1, -0.05) is 30.3 Å². The molecule has 4 heteroatoms. The van der Waals surface area contributed by atoms with Crippen molar-refractivity contribution in [3.8, 4) is 0 Å². The molecule has 4 nitrogen and oxygen atoms in total. The molecule has 0 radical (unpaired) electrons. The van der Waals surface area contributed by atoms with Crippen LogP contribution < -0.4 is 10.3 Å². The van der Waals surface area contributed by atoms with Gasteiger partial charge in [-0.15, -0.1) is 0 Å². The van der Waals surface area contributed by atoms with Crippen molar-refractivity contribution in [2.45, 2.75) is 6.04 Å². The van der Waals surface area contributed by atoms with Crippen LogP contribution >= 0.6 is 0 Å². The lowest BCUT2D eigenvalue weighted by atomic mass is 10.1. The molecule has 2 N–H and O–H groups in total. The Labute approximate surface area is 93.3 Å². The summed E-state index contributed by atoms with van der Waals surface area (Å²) in [5.41, 5.74) is 1.00. The predicted molar refractivity (Wildman–Crippen MR) is 59.1 cm³/mol. The Balaban J connectivity index is 1.93. The Kier molecular flexibility index (Phi) is 1.99. The number of fused-ring (bicyclic) bond motifs is 1. The van der Waals surface area contributed by atoms with Crippen LogP contribution in [-0.2, 0) is 4.79 Å². The van der Waals surface area contributed by atoms with Gasteiger partial charge < -0.3 is 5.32 Å². The average Bonchev–Trinajstić information content (AvgIpc) is 2.69. The first-order valence-electron chi connectivity index (χ1n) is 5.27. The van der Waals surface area contributed by atoms with Gasteiger partial charge in [0.2, 0.25) is 6.20 Å². The first-order chi connectivity index (χ1) is 7.86. The second-order valence-corrected chi connectivity index (χ2v) is 3.84. The zero-order chi connectivity index (χ0) is 11.0. The fourth-order valence-corrected chi connectivity index (χ4v) is 2.02. The van der Waals surface area contributed by atoms with Crippen LogP contribution in [0.25, 0.3) is 0 Å². The van der Waals surface area contributed by atoms with Crippen molar-refractivity contribution in [2.24, 2.45) is 0 Å². The Morgan fingerprint density at radius 1 is 1.31 bits per heavy atom. The topological polar surface area (TPSA) is 46.3 Å². The summed E-state index contributed by atoms with van der Waals surface area (Å²) in [5, 5.41) is 3.21. The second-order valence-electron chi connectivity index (χ2n) is 3.84. The molecule has 1 aromatic rings. The fraction of sp³-hybridized carbons (Fsp3) is 0.167. The third kappa shape index (κ3) is 1.31. The summed E-state index contributed by atoms with van der Waals surface area (Å²) in [6, 6.07) is 9.52. The maximum absolute atomic E-state index is 12.1. The molecule has 0 bridgehead atoms. The molecule has 2 aliphatic rings. The predicted octanol–water partition coefficient (Wildman–Crippen LogP) is -0.877. The minimum Gasteiger partial charge on any atom is -0.351 e. The van der Waals surface area contributed by atoms with Gasteiger partial charge in [-0.25, -0.2) is 4.99 Å². The van der Waals surface area contributed by atoms with Crippen molar-refractivity contribution < 1.29 is 9.79 Å². The number of amides is 1. The molecule has 2 aliphatic heterocycles. The van der Waals surface area contributed by atoms with Crippen LogP contribution in [-0.4, -0.2) is 23.6 Å². The first kappa shape index (κ1) is 9.15. The van der Waals surface area contributed by atoms with E-state index in [0.29, 0.717) is 6.54 Å². The van der Waals surface area contributed by atoms with Gasteiger partial charge in [-0.2, -0.15) is 0 Å². The maximum Gasteiger partial charge on any atom is 0.255 e. The van der Waals surface area contributed by atoms with E-state index < -0.39 is 0 Å². The number of carbonyl (C=O) groups is 1. The largest absolute Gasteiger partial charge is 0.351 e. The van der Waals surface area contributed by atoms with E-state index in [1.165, 1.54) is 0 Å². The van der Waals surface area contributed by atoms with Crippen LogP contribution in [0.4, 0.5) is 0 Å². The van der Waals surface area contributed by atoms with Gasteiger partial charge in [0.05, 0.1) is 0 Å². The number of nitrogens with one attached hydrogen (secondary N) is 2. The zero-order valence-corrected chi connectivity index (χ0v) is 8.68. The van der Waals surface area contributed by atoms with E-state index in [4.69, 9.17) is 0 Å². The number of hydrogen-bond acceptors (Lipinski definition) is 2. The van der Waals surface area contributed by atoms with Gasteiger partial charge in [0, 0.05) is 0 Å². The van der Waals surface area contributed by atoms with E-state index in [1.807, 2.05) is 42.7 Å². The van der Waals surface area contributed by atoms with Crippen molar-refractivity contribution in [2.75, 3.05) is 6.54 Å². The molecule has 1 saturated heterocycles. The molecule has 1 unspecified atom stereocenters. The SMILES string of the molecule is O=C1C(c2ccccc2)NC2=C[NH+]=CCN12. The molecule has 1 amide bonds. The molecule has 2 heterocycles. The monoisotopic (exact) mass is 214 g/mol. The molecule has 0 spiro atoms. The lowest BCUT2D eigenvalue weighted by Gasteiger charge is -2.12. The Bertz CT molecular complexity index is 478. The minimum atomic E-state index is -0.249. The molecule has 3 rings (SSSR count). The van der Waals surface area contributed by atoms with E-state index in [1.54, 1.807) is 4.90 Å². The molecule has 0 aliphatic carbocycles. The molecule has 1 fully saturated rings. The highest BCUT2D eigenvalue weighted by molar-refractivity contribution is 5.89. The summed E-state index contributed by atoms with van der Waals surface area (Å²) >= 11 is 0. The highest BCUT2D eigenvalue weighted by atomic mass is 16.2. The van der Waals surface area contributed by atoms with Crippen LogP contribution in [0.2, 0.25) is 0 Å². The molecule has 16 heavy (non-hydrogen) atoms. The molecule has 0 saturated carbocycles. The maximum atomic E-state index is 12.1. The van der Waals surface area contributed by atoms with E-state index in [9.17, 15) is 4.79 Å².